The summed E-state index contributed by atoms with van der Waals surface area (Å²) < 4.78 is 5.23. The van der Waals surface area contributed by atoms with Crippen LogP contribution >= 0.6 is 23.8 Å². The van der Waals surface area contributed by atoms with E-state index in [1.54, 1.807) is 32.2 Å². The minimum atomic E-state index is -0.379. The van der Waals surface area contributed by atoms with Crippen LogP contribution in [0.3, 0.4) is 0 Å². The number of halogens is 1. The van der Waals surface area contributed by atoms with Gasteiger partial charge in [0.25, 0.3) is 5.91 Å². The van der Waals surface area contributed by atoms with E-state index in [9.17, 15) is 4.79 Å². The Labute approximate surface area is 175 Å². The van der Waals surface area contributed by atoms with Crippen LogP contribution in [-0.2, 0) is 4.79 Å². The van der Waals surface area contributed by atoms with E-state index in [2.05, 4.69) is 5.32 Å². The van der Waals surface area contributed by atoms with Crippen molar-refractivity contribution in [1.29, 1.82) is 0 Å². The third-order valence-corrected chi connectivity index (χ3v) is 5.17. The summed E-state index contributed by atoms with van der Waals surface area (Å²) in [5.41, 5.74) is 3.13. The molecule has 1 amide bonds. The molecule has 0 spiro atoms. The molecule has 1 unspecified atom stereocenters. The molecule has 0 aromatic heterocycles. The van der Waals surface area contributed by atoms with E-state index in [4.69, 9.17) is 28.6 Å². The zero-order valence-electron chi connectivity index (χ0n) is 16.2. The van der Waals surface area contributed by atoms with Crippen LogP contribution in [0.1, 0.15) is 18.5 Å². The van der Waals surface area contributed by atoms with Crippen LogP contribution in [0.2, 0.25) is 5.02 Å². The SMILES string of the molecule is COc1ccc(N2C(=S)NC(c3cccc(Cl)c3)C(C(=O)N(C)C)=C2C)cc1. The molecule has 5 nitrogen and oxygen atoms in total. The predicted octanol–water partition coefficient (Wildman–Crippen LogP) is 4.15. The van der Waals surface area contributed by atoms with Gasteiger partial charge in [-0.05, 0) is 61.1 Å². The third kappa shape index (κ3) is 3.84. The first-order valence-electron chi connectivity index (χ1n) is 8.76. The minimum Gasteiger partial charge on any atom is -0.497 e. The number of anilines is 1. The molecule has 0 aliphatic carbocycles. The fourth-order valence-corrected chi connectivity index (χ4v) is 3.80. The molecule has 0 saturated heterocycles. The number of ether oxygens (including phenoxy) is 1. The number of hydrogen-bond acceptors (Lipinski definition) is 3. The first-order chi connectivity index (χ1) is 13.3. The number of carbonyl (C=O) groups is 1. The Bertz CT molecular complexity index is 941. The summed E-state index contributed by atoms with van der Waals surface area (Å²) in [6.45, 7) is 1.91. The number of likely N-dealkylation sites (N-methyl/N-ethyl adjacent to an activating group) is 1. The Morgan fingerprint density at radius 3 is 2.46 bits per heavy atom. The molecule has 7 heteroatoms. The maximum absolute atomic E-state index is 13.1. The molecule has 3 rings (SSSR count). The molecule has 1 heterocycles. The number of benzene rings is 2. The summed E-state index contributed by atoms with van der Waals surface area (Å²) in [6.07, 6.45) is 0. The summed E-state index contributed by atoms with van der Waals surface area (Å²) >= 11 is 11.8. The summed E-state index contributed by atoms with van der Waals surface area (Å²) in [7, 11) is 5.10. The van der Waals surface area contributed by atoms with Crippen LogP contribution in [0.5, 0.6) is 5.75 Å². The topological polar surface area (TPSA) is 44.8 Å². The second-order valence-electron chi connectivity index (χ2n) is 6.67. The van der Waals surface area contributed by atoms with E-state index < -0.39 is 0 Å². The van der Waals surface area contributed by atoms with Gasteiger partial charge in [0, 0.05) is 30.5 Å². The zero-order valence-corrected chi connectivity index (χ0v) is 17.8. The maximum Gasteiger partial charge on any atom is 0.253 e. The highest BCUT2D eigenvalue weighted by Gasteiger charge is 2.35. The lowest BCUT2D eigenvalue weighted by molar-refractivity contribution is -0.125. The molecule has 2 aromatic carbocycles. The number of hydrogen-bond donors (Lipinski definition) is 1. The number of rotatable bonds is 4. The van der Waals surface area contributed by atoms with Gasteiger partial charge in [-0.15, -0.1) is 0 Å². The Morgan fingerprint density at radius 1 is 1.21 bits per heavy atom. The van der Waals surface area contributed by atoms with Crippen molar-refractivity contribution in [3.63, 3.8) is 0 Å². The molecular formula is C21H22ClN3O2S. The standard InChI is InChI=1S/C21H22ClN3O2S/c1-13-18(20(26)24(2)3)19(14-6-5-7-15(22)12-14)23-21(28)25(13)16-8-10-17(27-4)11-9-16/h5-12,19H,1-4H3,(H,23,28). The number of carbonyl (C=O) groups excluding carboxylic acids is 1. The normalized spacial score (nSPS) is 16.7. The lowest BCUT2D eigenvalue weighted by Gasteiger charge is -2.38. The predicted molar refractivity (Wildman–Crippen MR) is 117 cm³/mol. The quantitative estimate of drug-likeness (QED) is 0.760. The smallest absolute Gasteiger partial charge is 0.253 e. The highest BCUT2D eigenvalue weighted by Crippen LogP contribution is 2.35. The largest absolute Gasteiger partial charge is 0.497 e. The zero-order chi connectivity index (χ0) is 20.4. The number of thiocarbonyl (C=S) groups is 1. The second-order valence-corrected chi connectivity index (χ2v) is 7.49. The van der Waals surface area contributed by atoms with Crippen molar-refractivity contribution < 1.29 is 9.53 Å². The van der Waals surface area contributed by atoms with Crippen molar-refractivity contribution >= 4 is 40.5 Å². The van der Waals surface area contributed by atoms with Crippen molar-refractivity contribution in [3.05, 3.63) is 70.4 Å². The molecular weight excluding hydrogens is 394 g/mol. The number of allylic oxidation sites excluding steroid dienone is 1. The molecule has 1 aliphatic heterocycles. The fraction of sp³-hybridized carbons (Fsp3) is 0.238. The molecule has 0 fully saturated rings. The van der Waals surface area contributed by atoms with Crippen LogP contribution in [0, 0.1) is 0 Å². The lowest BCUT2D eigenvalue weighted by Crippen LogP contribution is -2.49. The average molecular weight is 416 g/mol. The van der Waals surface area contributed by atoms with Crippen molar-refractivity contribution in [2.75, 3.05) is 26.1 Å². The van der Waals surface area contributed by atoms with Crippen molar-refractivity contribution in [2.45, 2.75) is 13.0 Å². The van der Waals surface area contributed by atoms with Gasteiger partial charge in [0.2, 0.25) is 0 Å². The Balaban J connectivity index is 2.13. The number of methoxy groups -OCH3 is 1. The Kier molecular flexibility index (Phi) is 5.91. The molecule has 1 atom stereocenters. The van der Waals surface area contributed by atoms with Gasteiger partial charge in [0.05, 0.1) is 18.7 Å². The van der Waals surface area contributed by atoms with Crippen LogP contribution in [0.4, 0.5) is 5.69 Å². The maximum atomic E-state index is 13.1. The summed E-state index contributed by atoms with van der Waals surface area (Å²) in [6, 6.07) is 14.6. The molecule has 0 bridgehead atoms. The summed E-state index contributed by atoms with van der Waals surface area (Å²) in [4.78, 5) is 16.5. The first kappa shape index (κ1) is 20.2. The minimum absolute atomic E-state index is 0.0870. The molecule has 2 aromatic rings. The monoisotopic (exact) mass is 415 g/mol. The molecule has 1 N–H and O–H groups in total. The van der Waals surface area contributed by atoms with Crippen LogP contribution < -0.4 is 15.0 Å². The van der Waals surface area contributed by atoms with Crippen LogP contribution in [0.15, 0.2) is 59.8 Å². The van der Waals surface area contributed by atoms with E-state index in [0.717, 1.165) is 22.7 Å². The highest BCUT2D eigenvalue weighted by atomic mass is 35.5. The van der Waals surface area contributed by atoms with E-state index >= 15 is 0 Å². The second kappa shape index (κ2) is 8.20. The summed E-state index contributed by atoms with van der Waals surface area (Å²) in [5.74, 6) is 0.665. The van der Waals surface area contributed by atoms with Gasteiger partial charge >= 0.3 is 0 Å². The molecule has 0 radical (unpaired) electrons. The third-order valence-electron chi connectivity index (χ3n) is 4.63. The van der Waals surface area contributed by atoms with E-state index in [1.165, 1.54) is 0 Å². The first-order valence-corrected chi connectivity index (χ1v) is 9.54. The van der Waals surface area contributed by atoms with Gasteiger partial charge in [-0.3, -0.25) is 9.69 Å². The molecule has 28 heavy (non-hydrogen) atoms. The molecule has 0 saturated carbocycles. The average Bonchev–Trinajstić information content (AvgIpc) is 2.67. The van der Waals surface area contributed by atoms with Gasteiger partial charge in [0.15, 0.2) is 5.11 Å². The van der Waals surface area contributed by atoms with Crippen molar-refractivity contribution in [1.82, 2.24) is 10.2 Å². The van der Waals surface area contributed by atoms with Crippen LogP contribution in [0.25, 0.3) is 0 Å². The Morgan fingerprint density at radius 2 is 1.89 bits per heavy atom. The lowest BCUT2D eigenvalue weighted by atomic mass is 9.94. The fourth-order valence-electron chi connectivity index (χ4n) is 3.24. The Hall–Kier alpha value is -2.57. The van der Waals surface area contributed by atoms with Crippen LogP contribution in [-0.4, -0.2) is 37.1 Å². The van der Waals surface area contributed by atoms with Gasteiger partial charge in [0.1, 0.15) is 5.75 Å². The number of nitrogens with one attached hydrogen (secondary N) is 1. The van der Waals surface area contributed by atoms with E-state index in [0.29, 0.717) is 15.7 Å². The van der Waals surface area contributed by atoms with Crippen molar-refractivity contribution in [3.8, 4) is 5.75 Å². The summed E-state index contributed by atoms with van der Waals surface area (Å²) in [5, 5.41) is 4.44. The van der Waals surface area contributed by atoms with Gasteiger partial charge in [-0.2, -0.15) is 0 Å². The highest BCUT2D eigenvalue weighted by molar-refractivity contribution is 7.80. The van der Waals surface area contributed by atoms with Crippen molar-refractivity contribution in [2.24, 2.45) is 0 Å². The van der Waals surface area contributed by atoms with Gasteiger partial charge in [-0.1, -0.05) is 23.7 Å². The number of nitrogens with zero attached hydrogens (tertiary/aromatic N) is 2. The van der Waals surface area contributed by atoms with E-state index in [-0.39, 0.29) is 11.9 Å². The van der Waals surface area contributed by atoms with Gasteiger partial charge < -0.3 is 15.0 Å². The molecule has 1 aliphatic rings. The number of amides is 1. The van der Waals surface area contributed by atoms with Gasteiger partial charge in [-0.25, -0.2) is 0 Å². The van der Waals surface area contributed by atoms with E-state index in [1.807, 2.05) is 54.3 Å². The molecule has 146 valence electrons.